The summed E-state index contributed by atoms with van der Waals surface area (Å²) in [5.41, 5.74) is 0.892. The minimum absolute atomic E-state index is 0.00334. The Balaban J connectivity index is 2.60. The first-order chi connectivity index (χ1) is 9.46. The Morgan fingerprint density at radius 3 is 2.35 bits per heavy atom. The van der Waals surface area contributed by atoms with Crippen molar-refractivity contribution in [2.24, 2.45) is 0 Å². The van der Waals surface area contributed by atoms with E-state index in [0.717, 1.165) is 12.1 Å². The van der Waals surface area contributed by atoms with Gasteiger partial charge in [0.25, 0.3) is 0 Å². The molecular weight excluding hydrogens is 299 g/mol. The summed E-state index contributed by atoms with van der Waals surface area (Å²) in [5, 5.41) is 10.0. The van der Waals surface area contributed by atoms with Gasteiger partial charge in [-0.25, -0.2) is 0 Å². The van der Waals surface area contributed by atoms with Gasteiger partial charge in [-0.2, -0.15) is 0 Å². The Bertz CT molecular complexity index is 435. The Morgan fingerprint density at radius 2 is 1.85 bits per heavy atom. The molecule has 0 bridgehead atoms. The maximum absolute atomic E-state index is 12.1. The lowest BCUT2D eigenvalue weighted by atomic mass is 10.2. The molecule has 0 fully saturated rings. The van der Waals surface area contributed by atoms with Crippen molar-refractivity contribution in [2.75, 3.05) is 33.3 Å². The average molecular weight is 319 g/mol. The summed E-state index contributed by atoms with van der Waals surface area (Å²) >= 11 is 11.9. The van der Waals surface area contributed by atoms with Crippen LogP contribution < -0.4 is 0 Å². The van der Waals surface area contributed by atoms with E-state index in [9.17, 15) is 4.79 Å². The molecule has 0 aliphatic rings. The summed E-state index contributed by atoms with van der Waals surface area (Å²) in [6.07, 6.45) is 0. The van der Waals surface area contributed by atoms with Crippen molar-refractivity contribution in [3.8, 4) is 0 Å². The highest BCUT2D eigenvalue weighted by atomic mass is 35.5. The molecule has 0 spiro atoms. The number of carbonyl (C=O) groups excluding carboxylic acids is 1. The third-order valence-corrected chi connectivity index (χ3v) is 3.43. The number of likely N-dealkylation sites (N-methyl/N-ethyl adjacent to an activating group) is 2. The monoisotopic (exact) mass is 318 g/mol. The van der Waals surface area contributed by atoms with Gasteiger partial charge < -0.3 is 10.0 Å². The summed E-state index contributed by atoms with van der Waals surface area (Å²) in [6, 6.07) is 5.25. The maximum Gasteiger partial charge on any atom is 0.236 e. The molecule has 0 atom stereocenters. The summed E-state index contributed by atoms with van der Waals surface area (Å²) in [5.74, 6) is -0.00334. The first kappa shape index (κ1) is 17.2. The molecule has 1 N–H and O–H groups in total. The average Bonchev–Trinajstić information content (AvgIpc) is 2.36. The molecule has 0 heterocycles. The highest BCUT2D eigenvalue weighted by molar-refractivity contribution is 6.34. The van der Waals surface area contributed by atoms with Crippen LogP contribution in [0.1, 0.15) is 12.5 Å². The van der Waals surface area contributed by atoms with Gasteiger partial charge in [0.1, 0.15) is 0 Å². The fourth-order valence-corrected chi connectivity index (χ4v) is 2.44. The van der Waals surface area contributed by atoms with E-state index in [1.807, 2.05) is 11.8 Å². The predicted octanol–water partition coefficient (Wildman–Crippen LogP) is 2.27. The molecule has 112 valence electrons. The number of hydrogen-bond acceptors (Lipinski definition) is 3. The molecule has 0 radical (unpaired) electrons. The van der Waals surface area contributed by atoms with Gasteiger partial charge in [0.15, 0.2) is 0 Å². The van der Waals surface area contributed by atoms with E-state index in [2.05, 4.69) is 0 Å². The Labute approximate surface area is 129 Å². The fraction of sp³-hybridized carbons (Fsp3) is 0.500. The van der Waals surface area contributed by atoms with Crippen LogP contribution in [0.3, 0.4) is 0 Å². The number of carbonyl (C=O) groups is 1. The van der Waals surface area contributed by atoms with E-state index < -0.39 is 0 Å². The van der Waals surface area contributed by atoms with Gasteiger partial charge in [-0.05, 0) is 30.3 Å². The smallest absolute Gasteiger partial charge is 0.236 e. The van der Waals surface area contributed by atoms with Crippen LogP contribution in [0, 0.1) is 0 Å². The molecule has 0 saturated carbocycles. The molecule has 1 amide bonds. The molecule has 0 aliphatic heterocycles. The van der Waals surface area contributed by atoms with Crippen molar-refractivity contribution >= 4 is 29.1 Å². The molecule has 1 aromatic carbocycles. The fourth-order valence-electron chi connectivity index (χ4n) is 1.87. The van der Waals surface area contributed by atoms with Gasteiger partial charge in [-0.15, -0.1) is 0 Å². The minimum atomic E-state index is -0.00334. The van der Waals surface area contributed by atoms with Crippen LogP contribution in [-0.4, -0.2) is 54.1 Å². The number of hydrogen-bond donors (Lipinski definition) is 1. The van der Waals surface area contributed by atoms with Crippen LogP contribution in [0.4, 0.5) is 0 Å². The largest absolute Gasteiger partial charge is 0.395 e. The molecule has 0 unspecified atom stereocenters. The van der Waals surface area contributed by atoms with Crippen molar-refractivity contribution in [1.82, 2.24) is 9.80 Å². The van der Waals surface area contributed by atoms with E-state index >= 15 is 0 Å². The Kier molecular flexibility index (Phi) is 7.30. The molecule has 4 nitrogen and oxygen atoms in total. The van der Waals surface area contributed by atoms with Gasteiger partial charge in [0.05, 0.1) is 13.2 Å². The molecule has 6 heteroatoms. The van der Waals surface area contributed by atoms with Crippen molar-refractivity contribution < 1.29 is 9.90 Å². The van der Waals surface area contributed by atoms with Gasteiger partial charge in [-0.3, -0.25) is 9.69 Å². The first-order valence-electron chi connectivity index (χ1n) is 6.48. The molecule has 1 aromatic rings. The molecule has 0 saturated heterocycles. The van der Waals surface area contributed by atoms with Gasteiger partial charge in [0, 0.05) is 30.2 Å². The number of nitrogens with zero attached hydrogens (tertiary/aromatic N) is 2. The molecule has 20 heavy (non-hydrogen) atoms. The third-order valence-electron chi connectivity index (χ3n) is 2.99. The lowest BCUT2D eigenvalue weighted by Gasteiger charge is -2.23. The second-order valence-corrected chi connectivity index (χ2v) is 5.49. The second-order valence-electron chi connectivity index (χ2n) is 4.62. The summed E-state index contributed by atoms with van der Waals surface area (Å²) < 4.78 is 0. The number of amides is 1. The van der Waals surface area contributed by atoms with Crippen molar-refractivity contribution in [3.05, 3.63) is 33.8 Å². The first-order valence-corrected chi connectivity index (χ1v) is 7.24. The normalized spacial score (nSPS) is 10.9. The zero-order chi connectivity index (χ0) is 15.1. The second kappa shape index (κ2) is 8.47. The Hall–Kier alpha value is -0.810. The van der Waals surface area contributed by atoms with E-state index in [1.165, 1.54) is 0 Å². The molecular formula is C14H20Cl2N2O2. The van der Waals surface area contributed by atoms with Crippen LogP contribution in [0.2, 0.25) is 10.0 Å². The van der Waals surface area contributed by atoms with E-state index in [1.54, 1.807) is 30.1 Å². The molecule has 1 rings (SSSR count). The lowest BCUT2D eigenvalue weighted by molar-refractivity contribution is -0.131. The van der Waals surface area contributed by atoms with Crippen LogP contribution >= 0.6 is 23.2 Å². The molecule has 0 aromatic heterocycles. The van der Waals surface area contributed by atoms with Crippen LogP contribution in [0.25, 0.3) is 0 Å². The maximum atomic E-state index is 12.1. The summed E-state index contributed by atoms with van der Waals surface area (Å²) in [7, 11) is 1.74. The highest BCUT2D eigenvalue weighted by Crippen LogP contribution is 2.19. The van der Waals surface area contributed by atoms with Crippen molar-refractivity contribution in [3.63, 3.8) is 0 Å². The van der Waals surface area contributed by atoms with Crippen molar-refractivity contribution in [1.29, 1.82) is 0 Å². The number of benzene rings is 1. The summed E-state index contributed by atoms with van der Waals surface area (Å²) in [4.78, 5) is 15.6. The zero-order valence-corrected chi connectivity index (χ0v) is 13.3. The summed E-state index contributed by atoms with van der Waals surface area (Å²) in [6.45, 7) is 3.98. The number of rotatable bonds is 7. The zero-order valence-electron chi connectivity index (χ0n) is 11.8. The lowest BCUT2D eigenvalue weighted by Crippen LogP contribution is -2.39. The van der Waals surface area contributed by atoms with E-state index in [4.69, 9.17) is 28.3 Å². The van der Waals surface area contributed by atoms with Crippen LogP contribution in [-0.2, 0) is 11.3 Å². The van der Waals surface area contributed by atoms with Gasteiger partial charge in [-0.1, -0.05) is 30.1 Å². The minimum Gasteiger partial charge on any atom is -0.395 e. The van der Waals surface area contributed by atoms with Crippen LogP contribution in [0.15, 0.2) is 18.2 Å². The predicted molar refractivity (Wildman–Crippen MR) is 82.1 cm³/mol. The molecule has 0 aliphatic carbocycles. The van der Waals surface area contributed by atoms with Crippen LogP contribution in [0.5, 0.6) is 0 Å². The number of aliphatic hydroxyl groups is 1. The van der Waals surface area contributed by atoms with Gasteiger partial charge in [0.2, 0.25) is 5.91 Å². The SMILES string of the molecule is CCN(CCO)CC(=O)N(C)Cc1cc(Cl)cc(Cl)c1. The standard InChI is InChI=1S/C14H20Cl2N2O2/c1-3-18(4-5-19)10-14(20)17(2)9-11-6-12(15)8-13(16)7-11/h6-8,19H,3-5,9-10H2,1-2H3. The number of aliphatic hydroxyl groups excluding tert-OH is 1. The van der Waals surface area contributed by atoms with E-state index in [0.29, 0.717) is 29.7 Å². The Morgan fingerprint density at radius 1 is 1.25 bits per heavy atom. The number of halogens is 2. The van der Waals surface area contributed by atoms with E-state index in [-0.39, 0.29) is 12.5 Å². The highest BCUT2D eigenvalue weighted by Gasteiger charge is 2.13. The van der Waals surface area contributed by atoms with Crippen molar-refractivity contribution in [2.45, 2.75) is 13.5 Å². The topological polar surface area (TPSA) is 43.8 Å². The third kappa shape index (κ3) is 5.67. The quantitative estimate of drug-likeness (QED) is 0.838. The van der Waals surface area contributed by atoms with Gasteiger partial charge >= 0.3 is 0 Å².